The maximum atomic E-state index is 10.3. The van der Waals surface area contributed by atoms with E-state index >= 15 is 0 Å². The van der Waals surface area contributed by atoms with Crippen molar-refractivity contribution < 1.29 is 9.84 Å². The molecule has 0 aliphatic heterocycles. The molecule has 3 N–H and O–H groups in total. The predicted octanol–water partition coefficient (Wildman–Crippen LogP) is 1.82. The topological polar surface area (TPSA) is 68.4 Å². The van der Waals surface area contributed by atoms with E-state index in [4.69, 9.17) is 10.5 Å². The summed E-state index contributed by atoms with van der Waals surface area (Å²) in [4.78, 5) is 4.04. The molecule has 1 aromatic heterocycles. The van der Waals surface area contributed by atoms with Crippen LogP contribution < -0.4 is 5.73 Å². The molecule has 0 fully saturated rings. The molecule has 4 nitrogen and oxygen atoms in total. The van der Waals surface area contributed by atoms with Crippen molar-refractivity contribution in [2.45, 2.75) is 38.9 Å². The highest BCUT2D eigenvalue weighted by Gasteiger charge is 2.33. The Labute approximate surface area is 96.5 Å². The van der Waals surface area contributed by atoms with Crippen LogP contribution in [-0.4, -0.2) is 22.8 Å². The van der Waals surface area contributed by atoms with Gasteiger partial charge in [-0.2, -0.15) is 0 Å². The molecule has 0 bridgehead atoms. The van der Waals surface area contributed by atoms with Gasteiger partial charge in [-0.25, -0.2) is 4.98 Å². The average Bonchev–Trinajstić information content (AvgIpc) is 2.30. The standard InChI is InChI=1S/C12H20N2O2/c1-5-12(3,16-4)10(15)9-6-8(2)7-14-11(9)13/h6-7,10,15H,5H2,1-4H3,(H2,13,14). The SMILES string of the molecule is CCC(C)(OC)C(O)c1cc(C)cnc1N. The van der Waals surface area contributed by atoms with Gasteiger partial charge in [-0.05, 0) is 31.9 Å². The van der Waals surface area contributed by atoms with Crippen molar-refractivity contribution in [3.05, 3.63) is 23.4 Å². The molecule has 2 unspecified atom stereocenters. The Balaban J connectivity index is 3.12. The summed E-state index contributed by atoms with van der Waals surface area (Å²) in [5, 5.41) is 10.3. The van der Waals surface area contributed by atoms with Gasteiger partial charge in [-0.15, -0.1) is 0 Å². The fraction of sp³-hybridized carbons (Fsp3) is 0.583. The highest BCUT2D eigenvalue weighted by Crippen LogP contribution is 2.33. The fourth-order valence-electron chi connectivity index (χ4n) is 1.60. The van der Waals surface area contributed by atoms with Crippen LogP contribution in [-0.2, 0) is 4.74 Å². The number of nitrogens with two attached hydrogens (primary N) is 1. The van der Waals surface area contributed by atoms with E-state index in [1.54, 1.807) is 13.3 Å². The highest BCUT2D eigenvalue weighted by atomic mass is 16.5. The van der Waals surface area contributed by atoms with E-state index in [0.717, 1.165) is 5.56 Å². The number of nitrogen functional groups attached to an aromatic ring is 1. The molecular weight excluding hydrogens is 204 g/mol. The molecule has 0 amide bonds. The van der Waals surface area contributed by atoms with Crippen LogP contribution in [0.3, 0.4) is 0 Å². The number of aromatic nitrogens is 1. The van der Waals surface area contributed by atoms with E-state index in [1.807, 2.05) is 26.8 Å². The van der Waals surface area contributed by atoms with Crippen LogP contribution in [0.1, 0.15) is 37.5 Å². The lowest BCUT2D eigenvalue weighted by atomic mass is 9.90. The van der Waals surface area contributed by atoms with E-state index in [9.17, 15) is 5.11 Å². The van der Waals surface area contributed by atoms with Crippen molar-refractivity contribution in [1.29, 1.82) is 0 Å². The number of nitrogens with zero attached hydrogens (tertiary/aromatic N) is 1. The number of pyridine rings is 1. The number of aliphatic hydroxyl groups is 1. The molecule has 0 saturated carbocycles. The molecule has 2 atom stereocenters. The van der Waals surface area contributed by atoms with Crippen molar-refractivity contribution >= 4 is 5.82 Å². The van der Waals surface area contributed by atoms with E-state index in [2.05, 4.69) is 4.98 Å². The number of ether oxygens (including phenoxy) is 1. The van der Waals surface area contributed by atoms with Gasteiger partial charge in [0.05, 0.1) is 5.60 Å². The molecule has 1 rings (SSSR count). The Hall–Kier alpha value is -1.13. The number of anilines is 1. The Morgan fingerprint density at radius 2 is 2.25 bits per heavy atom. The smallest absolute Gasteiger partial charge is 0.129 e. The number of hydrogen-bond acceptors (Lipinski definition) is 4. The van der Waals surface area contributed by atoms with Crippen LogP contribution in [0.5, 0.6) is 0 Å². The van der Waals surface area contributed by atoms with Crippen LogP contribution in [0.15, 0.2) is 12.3 Å². The quantitative estimate of drug-likeness (QED) is 0.818. The summed E-state index contributed by atoms with van der Waals surface area (Å²) < 4.78 is 5.36. The zero-order valence-corrected chi connectivity index (χ0v) is 10.3. The summed E-state index contributed by atoms with van der Waals surface area (Å²) in [6.45, 7) is 5.74. The maximum Gasteiger partial charge on any atom is 0.129 e. The van der Waals surface area contributed by atoms with Crippen LogP contribution in [0, 0.1) is 6.92 Å². The summed E-state index contributed by atoms with van der Waals surface area (Å²) in [6.07, 6.45) is 1.61. The Bertz CT molecular complexity index is 362. The van der Waals surface area contributed by atoms with Gasteiger partial charge in [0.2, 0.25) is 0 Å². The molecule has 0 spiro atoms. The first-order chi connectivity index (χ1) is 7.44. The van der Waals surface area contributed by atoms with E-state index in [0.29, 0.717) is 17.8 Å². The summed E-state index contributed by atoms with van der Waals surface area (Å²) >= 11 is 0. The van der Waals surface area contributed by atoms with E-state index in [1.165, 1.54) is 0 Å². The van der Waals surface area contributed by atoms with Gasteiger partial charge >= 0.3 is 0 Å². The first-order valence-corrected chi connectivity index (χ1v) is 5.40. The minimum atomic E-state index is -0.769. The van der Waals surface area contributed by atoms with E-state index < -0.39 is 11.7 Å². The van der Waals surface area contributed by atoms with Gasteiger partial charge in [0.25, 0.3) is 0 Å². The Morgan fingerprint density at radius 3 is 2.75 bits per heavy atom. The Kier molecular flexibility index (Phi) is 3.88. The molecule has 4 heteroatoms. The summed E-state index contributed by atoms with van der Waals surface area (Å²) in [5.41, 5.74) is 6.74. The maximum absolute atomic E-state index is 10.3. The summed E-state index contributed by atoms with van der Waals surface area (Å²) in [5.74, 6) is 0.356. The third-order valence-electron chi connectivity index (χ3n) is 3.13. The molecular formula is C12H20N2O2. The molecule has 0 aliphatic carbocycles. The first-order valence-electron chi connectivity index (χ1n) is 5.40. The minimum absolute atomic E-state index is 0.356. The van der Waals surface area contributed by atoms with Crippen LogP contribution in [0.25, 0.3) is 0 Å². The van der Waals surface area contributed by atoms with Crippen LogP contribution >= 0.6 is 0 Å². The van der Waals surface area contributed by atoms with E-state index in [-0.39, 0.29) is 0 Å². The number of methoxy groups -OCH3 is 1. The predicted molar refractivity (Wildman–Crippen MR) is 64.1 cm³/mol. The minimum Gasteiger partial charge on any atom is -0.385 e. The van der Waals surface area contributed by atoms with Gasteiger partial charge in [-0.3, -0.25) is 0 Å². The third-order valence-corrected chi connectivity index (χ3v) is 3.13. The molecule has 0 saturated heterocycles. The fourth-order valence-corrected chi connectivity index (χ4v) is 1.60. The monoisotopic (exact) mass is 224 g/mol. The molecule has 0 radical (unpaired) electrons. The molecule has 90 valence electrons. The average molecular weight is 224 g/mol. The van der Waals surface area contributed by atoms with Crippen molar-refractivity contribution in [2.75, 3.05) is 12.8 Å². The lowest BCUT2D eigenvalue weighted by Crippen LogP contribution is -2.35. The third kappa shape index (κ3) is 2.33. The second-order valence-corrected chi connectivity index (χ2v) is 4.26. The normalized spacial score (nSPS) is 16.8. The van der Waals surface area contributed by atoms with Crippen molar-refractivity contribution in [2.24, 2.45) is 0 Å². The lowest BCUT2D eigenvalue weighted by molar-refractivity contribution is -0.0942. The zero-order chi connectivity index (χ0) is 12.3. The van der Waals surface area contributed by atoms with Gasteiger partial charge in [0, 0.05) is 18.9 Å². The molecule has 0 aromatic carbocycles. The number of aryl methyl sites for hydroxylation is 1. The van der Waals surface area contributed by atoms with Gasteiger partial charge in [0.15, 0.2) is 0 Å². The lowest BCUT2D eigenvalue weighted by Gasteiger charge is -2.32. The summed E-state index contributed by atoms with van der Waals surface area (Å²) in [6, 6.07) is 1.85. The molecule has 1 aromatic rings. The van der Waals surface area contributed by atoms with Gasteiger partial charge < -0.3 is 15.6 Å². The van der Waals surface area contributed by atoms with Crippen LogP contribution in [0.4, 0.5) is 5.82 Å². The van der Waals surface area contributed by atoms with Gasteiger partial charge in [-0.1, -0.05) is 6.92 Å². The number of hydrogen-bond donors (Lipinski definition) is 2. The second kappa shape index (κ2) is 4.80. The number of aliphatic hydroxyl groups excluding tert-OH is 1. The van der Waals surface area contributed by atoms with Crippen molar-refractivity contribution in [1.82, 2.24) is 4.98 Å². The molecule has 1 heterocycles. The molecule has 0 aliphatic rings. The zero-order valence-electron chi connectivity index (χ0n) is 10.3. The van der Waals surface area contributed by atoms with Crippen molar-refractivity contribution in [3.8, 4) is 0 Å². The second-order valence-electron chi connectivity index (χ2n) is 4.26. The summed E-state index contributed by atoms with van der Waals surface area (Å²) in [7, 11) is 1.59. The van der Waals surface area contributed by atoms with Crippen LogP contribution in [0.2, 0.25) is 0 Å². The van der Waals surface area contributed by atoms with Gasteiger partial charge in [0.1, 0.15) is 11.9 Å². The first kappa shape index (κ1) is 12.9. The largest absolute Gasteiger partial charge is 0.385 e. The highest BCUT2D eigenvalue weighted by molar-refractivity contribution is 5.43. The Morgan fingerprint density at radius 1 is 1.62 bits per heavy atom. The molecule has 16 heavy (non-hydrogen) atoms. The number of rotatable bonds is 4. The van der Waals surface area contributed by atoms with Crippen molar-refractivity contribution in [3.63, 3.8) is 0 Å².